The Kier molecular flexibility index (Phi) is 5.38. The van der Waals surface area contributed by atoms with E-state index in [1.165, 1.54) is 0 Å². The molecule has 4 aliphatic rings. The monoisotopic (exact) mass is 461 g/mol. The van der Waals surface area contributed by atoms with Crippen LogP contribution in [-0.4, -0.2) is 94.3 Å². The van der Waals surface area contributed by atoms with Crippen molar-refractivity contribution in [3.05, 3.63) is 42.2 Å². The third-order valence-corrected chi connectivity index (χ3v) is 8.16. The summed E-state index contributed by atoms with van der Waals surface area (Å²) in [6.07, 6.45) is 5.52. The molecule has 0 unspecified atom stereocenters. The number of nitrogens with zero attached hydrogens (tertiary/aromatic N) is 5. The van der Waals surface area contributed by atoms with E-state index in [4.69, 9.17) is 0 Å². The molecule has 1 aromatic heterocycles. The van der Waals surface area contributed by atoms with Gasteiger partial charge in [-0.05, 0) is 42.6 Å². The standard InChI is InChI=1S/C26H31N5O3/c32-23-7-3-6-22-20-14-18(16-31(22)23)15-30(17-20)26(34)29-12-10-28(11-13-29)25(33)24-21-5-2-1-4-19(21)8-9-27-24/h1-2,4-5,8-9,18,20,22H,3,6-7,10-17H2/t18-,20-,22-/m1/s1. The minimum atomic E-state index is -0.0709. The summed E-state index contributed by atoms with van der Waals surface area (Å²) in [6.45, 7) is 4.37. The molecule has 8 nitrogen and oxygen atoms in total. The molecule has 0 N–H and O–H groups in total. The third-order valence-electron chi connectivity index (χ3n) is 8.16. The fraction of sp³-hybridized carbons (Fsp3) is 0.538. The Morgan fingerprint density at radius 3 is 2.56 bits per heavy atom. The lowest BCUT2D eigenvalue weighted by molar-refractivity contribution is -0.144. The van der Waals surface area contributed by atoms with E-state index in [0.29, 0.717) is 62.1 Å². The number of hydrogen-bond donors (Lipinski definition) is 0. The number of urea groups is 1. The van der Waals surface area contributed by atoms with Crippen molar-refractivity contribution < 1.29 is 14.4 Å². The van der Waals surface area contributed by atoms with Gasteiger partial charge in [0, 0.05) is 69.9 Å². The third kappa shape index (κ3) is 3.69. The van der Waals surface area contributed by atoms with Crippen molar-refractivity contribution in [1.82, 2.24) is 24.6 Å². The Balaban J connectivity index is 1.09. The van der Waals surface area contributed by atoms with Gasteiger partial charge in [-0.25, -0.2) is 4.79 Å². The predicted molar refractivity (Wildman–Crippen MR) is 127 cm³/mol. The number of aromatic nitrogens is 1. The molecule has 2 aromatic rings. The lowest BCUT2D eigenvalue weighted by Gasteiger charge is -2.53. The van der Waals surface area contributed by atoms with Gasteiger partial charge in [-0.15, -0.1) is 0 Å². The van der Waals surface area contributed by atoms with Crippen LogP contribution in [0.15, 0.2) is 36.5 Å². The van der Waals surface area contributed by atoms with Gasteiger partial charge >= 0.3 is 6.03 Å². The van der Waals surface area contributed by atoms with Crippen molar-refractivity contribution in [2.45, 2.75) is 31.7 Å². The molecule has 4 saturated heterocycles. The Morgan fingerprint density at radius 2 is 1.71 bits per heavy atom. The highest BCUT2D eigenvalue weighted by molar-refractivity contribution is 6.05. The summed E-state index contributed by atoms with van der Waals surface area (Å²) in [7, 11) is 0. The predicted octanol–water partition coefficient (Wildman–Crippen LogP) is 2.45. The number of pyridine rings is 1. The zero-order chi connectivity index (χ0) is 23.2. The normalized spacial score (nSPS) is 27.1. The lowest BCUT2D eigenvalue weighted by atomic mass is 9.76. The van der Waals surface area contributed by atoms with Crippen LogP contribution >= 0.6 is 0 Å². The lowest BCUT2D eigenvalue weighted by Crippen LogP contribution is -2.63. The van der Waals surface area contributed by atoms with Crippen LogP contribution in [0.2, 0.25) is 0 Å². The first-order valence-corrected chi connectivity index (χ1v) is 12.5. The van der Waals surface area contributed by atoms with Crippen LogP contribution in [0.1, 0.15) is 36.2 Å². The van der Waals surface area contributed by atoms with Crippen LogP contribution in [-0.2, 0) is 4.79 Å². The molecule has 3 atom stereocenters. The second-order valence-electron chi connectivity index (χ2n) is 10.2. The summed E-state index contributed by atoms with van der Waals surface area (Å²) in [5, 5.41) is 1.87. The van der Waals surface area contributed by atoms with Gasteiger partial charge in [-0.2, -0.15) is 0 Å². The van der Waals surface area contributed by atoms with Gasteiger partial charge in [-0.3, -0.25) is 14.6 Å². The molecule has 0 aliphatic carbocycles. The first kappa shape index (κ1) is 21.4. The number of carbonyl (C=O) groups is 3. The zero-order valence-corrected chi connectivity index (χ0v) is 19.4. The summed E-state index contributed by atoms with van der Waals surface area (Å²) >= 11 is 0. The Bertz CT molecular complexity index is 1120. The highest BCUT2D eigenvalue weighted by Gasteiger charge is 2.45. The molecular weight excluding hydrogens is 430 g/mol. The minimum absolute atomic E-state index is 0.0709. The second-order valence-corrected chi connectivity index (χ2v) is 10.2. The highest BCUT2D eigenvalue weighted by Crippen LogP contribution is 2.38. The number of fused-ring (bicyclic) bond motifs is 5. The average molecular weight is 462 g/mol. The molecule has 178 valence electrons. The topological polar surface area (TPSA) is 77.1 Å². The van der Waals surface area contributed by atoms with Crippen molar-refractivity contribution in [2.75, 3.05) is 45.8 Å². The number of piperazine rings is 1. The van der Waals surface area contributed by atoms with Crippen LogP contribution in [0.25, 0.3) is 10.8 Å². The summed E-state index contributed by atoms with van der Waals surface area (Å²) < 4.78 is 0. The highest BCUT2D eigenvalue weighted by atomic mass is 16.2. The van der Waals surface area contributed by atoms with Gasteiger partial charge in [0.25, 0.3) is 5.91 Å². The maximum absolute atomic E-state index is 13.4. The fourth-order valence-electron chi connectivity index (χ4n) is 6.51. The van der Waals surface area contributed by atoms with Gasteiger partial charge in [0.05, 0.1) is 0 Å². The van der Waals surface area contributed by atoms with Gasteiger partial charge in [0.2, 0.25) is 5.91 Å². The molecule has 6 rings (SSSR count). The van der Waals surface area contributed by atoms with Gasteiger partial charge < -0.3 is 19.6 Å². The first-order valence-electron chi connectivity index (χ1n) is 12.5. The molecule has 0 spiro atoms. The number of piperidine rings is 3. The van der Waals surface area contributed by atoms with E-state index in [2.05, 4.69) is 9.88 Å². The van der Waals surface area contributed by atoms with E-state index in [-0.39, 0.29) is 11.9 Å². The van der Waals surface area contributed by atoms with Crippen LogP contribution in [0.4, 0.5) is 4.79 Å². The quantitative estimate of drug-likeness (QED) is 0.654. The molecule has 34 heavy (non-hydrogen) atoms. The summed E-state index contributed by atoms with van der Waals surface area (Å²) in [5.74, 6) is 0.993. The Morgan fingerprint density at radius 1 is 0.912 bits per heavy atom. The van der Waals surface area contributed by atoms with Crippen LogP contribution in [0, 0.1) is 11.8 Å². The first-order chi connectivity index (χ1) is 16.6. The second kappa shape index (κ2) is 8.56. The molecule has 5 heterocycles. The minimum Gasteiger partial charge on any atom is -0.339 e. The molecule has 0 saturated carbocycles. The number of hydrogen-bond acceptors (Lipinski definition) is 4. The van der Waals surface area contributed by atoms with E-state index < -0.39 is 0 Å². The number of carbonyl (C=O) groups excluding carboxylic acids is 3. The summed E-state index contributed by atoms with van der Waals surface area (Å²) in [4.78, 5) is 51.2. The summed E-state index contributed by atoms with van der Waals surface area (Å²) in [6, 6.07) is 10.1. The molecule has 4 aliphatic heterocycles. The summed E-state index contributed by atoms with van der Waals surface area (Å²) in [5.41, 5.74) is 0.480. The van der Waals surface area contributed by atoms with E-state index in [1.54, 1.807) is 6.20 Å². The number of amides is 4. The van der Waals surface area contributed by atoms with Crippen molar-refractivity contribution in [3.8, 4) is 0 Å². The van der Waals surface area contributed by atoms with Crippen LogP contribution < -0.4 is 0 Å². The molecule has 0 radical (unpaired) electrons. The molecule has 4 amide bonds. The van der Waals surface area contributed by atoms with Gasteiger partial charge in [0.15, 0.2) is 0 Å². The van der Waals surface area contributed by atoms with Gasteiger partial charge in [0.1, 0.15) is 5.69 Å². The molecular formula is C26H31N5O3. The van der Waals surface area contributed by atoms with Crippen LogP contribution in [0.5, 0.6) is 0 Å². The molecule has 1 aromatic carbocycles. The van der Waals surface area contributed by atoms with E-state index in [0.717, 1.165) is 49.7 Å². The maximum atomic E-state index is 13.4. The molecule has 4 fully saturated rings. The van der Waals surface area contributed by atoms with E-state index in [1.807, 2.05) is 45.0 Å². The number of likely N-dealkylation sites (tertiary alicyclic amines) is 1. The van der Waals surface area contributed by atoms with Gasteiger partial charge in [-0.1, -0.05) is 24.3 Å². The zero-order valence-electron chi connectivity index (χ0n) is 19.4. The molecule has 2 bridgehead atoms. The van der Waals surface area contributed by atoms with E-state index >= 15 is 0 Å². The van der Waals surface area contributed by atoms with Crippen molar-refractivity contribution in [3.63, 3.8) is 0 Å². The SMILES string of the molecule is O=C(c1nccc2ccccc12)N1CCN(C(=O)N2C[C@H]3C[C@H](C2)[C@H]2CCCC(=O)N2C3)CC1. The number of benzene rings is 1. The Labute approximate surface area is 199 Å². The average Bonchev–Trinajstić information content (AvgIpc) is 2.88. The molecule has 8 heteroatoms. The van der Waals surface area contributed by atoms with Crippen molar-refractivity contribution in [1.29, 1.82) is 0 Å². The van der Waals surface area contributed by atoms with Crippen LogP contribution in [0.3, 0.4) is 0 Å². The fourth-order valence-corrected chi connectivity index (χ4v) is 6.51. The van der Waals surface area contributed by atoms with Crippen molar-refractivity contribution in [2.24, 2.45) is 11.8 Å². The largest absolute Gasteiger partial charge is 0.339 e. The van der Waals surface area contributed by atoms with Crippen molar-refractivity contribution >= 4 is 28.6 Å². The Hall–Kier alpha value is -3.16. The maximum Gasteiger partial charge on any atom is 0.320 e. The number of rotatable bonds is 1. The van der Waals surface area contributed by atoms with E-state index in [9.17, 15) is 14.4 Å². The smallest absolute Gasteiger partial charge is 0.320 e.